The Balaban J connectivity index is 1.61. The number of carbonyl (C=O) groups excluding carboxylic acids is 1. The first kappa shape index (κ1) is 21.4. The summed E-state index contributed by atoms with van der Waals surface area (Å²) in [5.41, 5.74) is 1.84. The molecule has 8 heteroatoms. The van der Waals surface area contributed by atoms with Gasteiger partial charge in [-0.2, -0.15) is 0 Å². The number of nitrogens with one attached hydrogen (secondary N) is 1. The third-order valence-electron chi connectivity index (χ3n) is 4.22. The van der Waals surface area contributed by atoms with Crippen LogP contribution < -0.4 is 10.1 Å². The molecule has 0 aliphatic carbocycles. The van der Waals surface area contributed by atoms with E-state index < -0.39 is 0 Å². The van der Waals surface area contributed by atoms with Gasteiger partial charge in [-0.1, -0.05) is 25.1 Å². The SMILES string of the molecule is CCCc1cc(-c2nnc(SCC(=O)Nc3ccc(OCC)cc3)n2CC)cs1. The van der Waals surface area contributed by atoms with Crippen LogP contribution in [0.15, 0.2) is 40.9 Å². The van der Waals surface area contributed by atoms with Crippen molar-refractivity contribution in [3.05, 3.63) is 40.6 Å². The van der Waals surface area contributed by atoms with Gasteiger partial charge >= 0.3 is 0 Å². The standard InChI is InChI=1S/C21H26N4O2S2/c1-4-7-18-12-15(13-28-18)20-23-24-21(25(20)5-2)29-14-19(26)22-16-8-10-17(11-9-16)27-6-3/h8-13H,4-7,14H2,1-3H3,(H,22,26). The van der Waals surface area contributed by atoms with Crippen LogP contribution in [0, 0.1) is 0 Å². The van der Waals surface area contributed by atoms with E-state index >= 15 is 0 Å². The van der Waals surface area contributed by atoms with E-state index in [9.17, 15) is 4.79 Å². The van der Waals surface area contributed by atoms with E-state index in [1.54, 1.807) is 11.3 Å². The summed E-state index contributed by atoms with van der Waals surface area (Å²) in [6, 6.07) is 9.56. The van der Waals surface area contributed by atoms with Gasteiger partial charge in [-0.3, -0.25) is 4.79 Å². The van der Waals surface area contributed by atoms with Crippen molar-refractivity contribution in [2.45, 2.75) is 45.3 Å². The number of thioether (sulfide) groups is 1. The Hall–Kier alpha value is -2.32. The normalized spacial score (nSPS) is 10.9. The highest BCUT2D eigenvalue weighted by molar-refractivity contribution is 7.99. The summed E-state index contributed by atoms with van der Waals surface area (Å²) in [6.07, 6.45) is 2.21. The lowest BCUT2D eigenvalue weighted by atomic mass is 10.2. The maximum atomic E-state index is 12.3. The Morgan fingerprint density at radius 3 is 2.69 bits per heavy atom. The number of benzene rings is 1. The molecule has 1 N–H and O–H groups in total. The molecular formula is C21H26N4O2S2. The highest BCUT2D eigenvalue weighted by atomic mass is 32.2. The lowest BCUT2D eigenvalue weighted by Crippen LogP contribution is -2.14. The predicted molar refractivity (Wildman–Crippen MR) is 120 cm³/mol. The van der Waals surface area contributed by atoms with Crippen LogP contribution in [-0.4, -0.2) is 33.0 Å². The van der Waals surface area contributed by atoms with E-state index in [0.717, 1.165) is 47.4 Å². The summed E-state index contributed by atoms with van der Waals surface area (Å²) in [4.78, 5) is 13.7. The van der Waals surface area contributed by atoms with Gasteiger partial charge in [0, 0.05) is 28.1 Å². The summed E-state index contributed by atoms with van der Waals surface area (Å²) in [6.45, 7) is 7.56. The van der Waals surface area contributed by atoms with E-state index in [1.165, 1.54) is 16.6 Å². The summed E-state index contributed by atoms with van der Waals surface area (Å²) in [5.74, 6) is 1.85. The van der Waals surface area contributed by atoms with Gasteiger partial charge in [0.05, 0.1) is 12.4 Å². The van der Waals surface area contributed by atoms with Crippen molar-refractivity contribution in [3.8, 4) is 17.1 Å². The molecule has 0 spiro atoms. The highest BCUT2D eigenvalue weighted by Gasteiger charge is 2.16. The molecule has 0 unspecified atom stereocenters. The molecule has 0 fully saturated rings. The molecule has 0 aliphatic rings. The molecule has 1 amide bonds. The number of thiophene rings is 1. The quantitative estimate of drug-likeness (QED) is 0.453. The van der Waals surface area contributed by atoms with Crippen LogP contribution in [0.4, 0.5) is 5.69 Å². The third kappa shape index (κ3) is 5.61. The second kappa shape index (κ2) is 10.5. The second-order valence-corrected chi connectivity index (χ2v) is 8.33. The number of rotatable bonds is 10. The summed E-state index contributed by atoms with van der Waals surface area (Å²) in [7, 11) is 0. The lowest BCUT2D eigenvalue weighted by molar-refractivity contribution is -0.113. The Bertz CT molecular complexity index is 935. The molecule has 2 heterocycles. The molecule has 0 saturated carbocycles. The number of aryl methyl sites for hydroxylation is 1. The second-order valence-electron chi connectivity index (χ2n) is 6.40. The number of hydrogen-bond donors (Lipinski definition) is 1. The molecule has 3 aromatic rings. The minimum atomic E-state index is -0.0767. The first-order valence-corrected chi connectivity index (χ1v) is 11.7. The van der Waals surface area contributed by atoms with Crippen molar-refractivity contribution in [2.75, 3.05) is 17.7 Å². The van der Waals surface area contributed by atoms with Crippen LogP contribution in [0.2, 0.25) is 0 Å². The van der Waals surface area contributed by atoms with E-state index in [0.29, 0.717) is 6.61 Å². The average molecular weight is 431 g/mol. The van der Waals surface area contributed by atoms with Crippen LogP contribution in [0.5, 0.6) is 5.75 Å². The number of carbonyl (C=O) groups is 1. The summed E-state index contributed by atoms with van der Waals surface area (Å²) >= 11 is 3.16. The zero-order chi connectivity index (χ0) is 20.6. The lowest BCUT2D eigenvalue weighted by Gasteiger charge is -2.08. The van der Waals surface area contributed by atoms with Gasteiger partial charge < -0.3 is 14.6 Å². The Morgan fingerprint density at radius 1 is 1.21 bits per heavy atom. The van der Waals surface area contributed by atoms with Crippen LogP contribution in [-0.2, 0) is 17.8 Å². The molecule has 0 radical (unpaired) electrons. The van der Waals surface area contributed by atoms with Crippen molar-refractivity contribution in [2.24, 2.45) is 0 Å². The highest BCUT2D eigenvalue weighted by Crippen LogP contribution is 2.28. The van der Waals surface area contributed by atoms with Crippen molar-refractivity contribution in [1.82, 2.24) is 14.8 Å². The first-order valence-electron chi connectivity index (χ1n) is 9.81. The molecule has 154 valence electrons. The number of nitrogens with zero attached hydrogens (tertiary/aromatic N) is 3. The van der Waals surface area contributed by atoms with E-state index in [2.05, 4.69) is 45.4 Å². The van der Waals surface area contributed by atoms with Crippen molar-refractivity contribution < 1.29 is 9.53 Å². The van der Waals surface area contributed by atoms with Crippen LogP contribution in [0.3, 0.4) is 0 Å². The predicted octanol–water partition coefficient (Wildman–Crippen LogP) is 5.11. The van der Waals surface area contributed by atoms with Gasteiger partial charge in [0.1, 0.15) is 5.75 Å². The average Bonchev–Trinajstić information content (AvgIpc) is 3.34. The third-order valence-corrected chi connectivity index (χ3v) is 6.19. The maximum Gasteiger partial charge on any atom is 0.234 e. The number of anilines is 1. The molecule has 6 nitrogen and oxygen atoms in total. The number of aromatic nitrogens is 3. The zero-order valence-electron chi connectivity index (χ0n) is 17.0. The fourth-order valence-corrected chi connectivity index (χ4v) is 4.67. The topological polar surface area (TPSA) is 69.0 Å². The smallest absolute Gasteiger partial charge is 0.234 e. The van der Waals surface area contributed by atoms with Gasteiger partial charge in [-0.15, -0.1) is 21.5 Å². The van der Waals surface area contributed by atoms with Gasteiger partial charge in [-0.25, -0.2) is 0 Å². The summed E-state index contributed by atoms with van der Waals surface area (Å²) in [5, 5.41) is 14.5. The van der Waals surface area contributed by atoms with Crippen molar-refractivity contribution in [1.29, 1.82) is 0 Å². The molecule has 29 heavy (non-hydrogen) atoms. The van der Waals surface area contributed by atoms with Gasteiger partial charge in [0.25, 0.3) is 0 Å². The van der Waals surface area contributed by atoms with E-state index in [1.807, 2.05) is 31.2 Å². The molecule has 0 bridgehead atoms. The Labute approximate surface area is 179 Å². The van der Waals surface area contributed by atoms with Crippen molar-refractivity contribution >= 4 is 34.7 Å². The maximum absolute atomic E-state index is 12.3. The van der Waals surface area contributed by atoms with Gasteiger partial charge in [0.2, 0.25) is 5.91 Å². The number of amides is 1. The Morgan fingerprint density at radius 2 is 2.00 bits per heavy atom. The molecule has 3 rings (SSSR count). The van der Waals surface area contributed by atoms with E-state index in [-0.39, 0.29) is 11.7 Å². The minimum absolute atomic E-state index is 0.0767. The molecular weight excluding hydrogens is 404 g/mol. The molecule has 2 aromatic heterocycles. The van der Waals surface area contributed by atoms with Gasteiger partial charge in [0.15, 0.2) is 11.0 Å². The fourth-order valence-electron chi connectivity index (χ4n) is 2.90. The monoisotopic (exact) mass is 430 g/mol. The largest absolute Gasteiger partial charge is 0.494 e. The van der Waals surface area contributed by atoms with Crippen molar-refractivity contribution in [3.63, 3.8) is 0 Å². The van der Waals surface area contributed by atoms with Gasteiger partial charge in [-0.05, 0) is 50.6 Å². The zero-order valence-corrected chi connectivity index (χ0v) is 18.6. The summed E-state index contributed by atoms with van der Waals surface area (Å²) < 4.78 is 7.48. The van der Waals surface area contributed by atoms with Crippen LogP contribution >= 0.6 is 23.1 Å². The Kier molecular flexibility index (Phi) is 7.71. The molecule has 0 atom stereocenters. The van der Waals surface area contributed by atoms with E-state index in [4.69, 9.17) is 4.74 Å². The number of ether oxygens (including phenoxy) is 1. The van der Waals surface area contributed by atoms with Crippen LogP contribution in [0.1, 0.15) is 32.1 Å². The molecule has 1 aromatic carbocycles. The molecule has 0 aliphatic heterocycles. The minimum Gasteiger partial charge on any atom is -0.494 e. The first-order chi connectivity index (χ1) is 14.1. The van der Waals surface area contributed by atoms with Crippen LogP contribution in [0.25, 0.3) is 11.4 Å². The molecule has 0 saturated heterocycles. The fraction of sp³-hybridized carbons (Fsp3) is 0.381. The number of hydrogen-bond acceptors (Lipinski definition) is 6.